The van der Waals surface area contributed by atoms with Crippen molar-refractivity contribution in [2.24, 2.45) is 0 Å². The number of ether oxygens (including phenoxy) is 1. The standard InChI is InChI=1S/C23H17ClN2O4/c1-13-11-15(25-21(27)17-5-3-4-6-20(17)30-2)8-10-19(13)26-22(28)16-9-7-14(24)12-18(16)23(26)29/h3-12H,1-2H3,(H,25,27). The number of para-hydroxylation sites is 1. The van der Waals surface area contributed by atoms with Gasteiger partial charge in [-0.05, 0) is 61.0 Å². The largest absolute Gasteiger partial charge is 0.496 e. The van der Waals surface area contributed by atoms with Crippen LogP contribution in [0.25, 0.3) is 0 Å². The predicted molar refractivity (Wildman–Crippen MR) is 115 cm³/mol. The number of amides is 3. The van der Waals surface area contributed by atoms with E-state index in [0.717, 1.165) is 4.90 Å². The lowest BCUT2D eigenvalue weighted by atomic mass is 10.1. The lowest BCUT2D eigenvalue weighted by Gasteiger charge is -2.18. The first-order valence-corrected chi connectivity index (χ1v) is 9.52. The average Bonchev–Trinajstić information content (AvgIpc) is 2.98. The Bertz CT molecular complexity index is 1210. The molecule has 3 amide bonds. The molecule has 0 fully saturated rings. The number of hydrogen-bond acceptors (Lipinski definition) is 4. The molecule has 4 rings (SSSR count). The Morgan fingerprint density at radius 3 is 2.43 bits per heavy atom. The number of nitrogens with one attached hydrogen (secondary N) is 1. The Labute approximate surface area is 178 Å². The SMILES string of the molecule is COc1ccccc1C(=O)Nc1ccc(N2C(=O)c3ccc(Cl)cc3C2=O)c(C)c1. The molecule has 0 aliphatic carbocycles. The molecule has 0 atom stereocenters. The number of benzene rings is 3. The molecule has 1 heterocycles. The van der Waals surface area contributed by atoms with Crippen LogP contribution in [0, 0.1) is 6.92 Å². The van der Waals surface area contributed by atoms with Crippen molar-refractivity contribution in [1.82, 2.24) is 0 Å². The van der Waals surface area contributed by atoms with E-state index in [1.54, 1.807) is 61.5 Å². The summed E-state index contributed by atoms with van der Waals surface area (Å²) < 4.78 is 5.23. The summed E-state index contributed by atoms with van der Waals surface area (Å²) in [6.45, 7) is 1.77. The maximum atomic E-state index is 12.8. The molecule has 0 aromatic heterocycles. The number of anilines is 2. The number of carbonyl (C=O) groups excluding carboxylic acids is 3. The van der Waals surface area contributed by atoms with Gasteiger partial charge in [0, 0.05) is 10.7 Å². The quantitative estimate of drug-likeness (QED) is 0.620. The molecule has 7 heteroatoms. The van der Waals surface area contributed by atoms with E-state index in [-0.39, 0.29) is 11.5 Å². The number of halogens is 1. The van der Waals surface area contributed by atoms with Gasteiger partial charge in [-0.2, -0.15) is 0 Å². The zero-order valence-electron chi connectivity index (χ0n) is 16.2. The Hall–Kier alpha value is -3.64. The molecule has 3 aromatic carbocycles. The van der Waals surface area contributed by atoms with Gasteiger partial charge in [0.05, 0.1) is 29.5 Å². The number of fused-ring (bicyclic) bond motifs is 1. The number of nitrogens with zero attached hydrogens (tertiary/aromatic N) is 1. The van der Waals surface area contributed by atoms with Gasteiger partial charge in [-0.1, -0.05) is 23.7 Å². The van der Waals surface area contributed by atoms with Crippen LogP contribution in [-0.2, 0) is 0 Å². The van der Waals surface area contributed by atoms with E-state index in [1.807, 2.05) is 0 Å². The fourth-order valence-electron chi connectivity index (χ4n) is 3.45. The zero-order valence-corrected chi connectivity index (χ0v) is 17.0. The average molecular weight is 421 g/mol. The topological polar surface area (TPSA) is 75.7 Å². The number of carbonyl (C=O) groups is 3. The third-order valence-corrected chi connectivity index (χ3v) is 5.13. The predicted octanol–water partition coefficient (Wildman–Crippen LogP) is 4.71. The van der Waals surface area contributed by atoms with Crippen LogP contribution in [0.1, 0.15) is 36.6 Å². The summed E-state index contributed by atoms with van der Waals surface area (Å²) in [5.74, 6) is -0.685. The van der Waals surface area contributed by atoms with Crippen LogP contribution in [-0.4, -0.2) is 24.8 Å². The molecule has 0 saturated carbocycles. The third-order valence-electron chi connectivity index (χ3n) is 4.90. The second-order valence-corrected chi connectivity index (χ2v) is 7.23. The fourth-order valence-corrected chi connectivity index (χ4v) is 3.62. The number of hydrogen-bond donors (Lipinski definition) is 1. The Balaban J connectivity index is 1.61. The van der Waals surface area contributed by atoms with Gasteiger partial charge < -0.3 is 10.1 Å². The van der Waals surface area contributed by atoms with Crippen molar-refractivity contribution < 1.29 is 19.1 Å². The van der Waals surface area contributed by atoms with Gasteiger partial charge >= 0.3 is 0 Å². The summed E-state index contributed by atoms with van der Waals surface area (Å²) in [5.41, 5.74) is 2.64. The molecular weight excluding hydrogens is 404 g/mol. The fraction of sp³-hybridized carbons (Fsp3) is 0.0870. The lowest BCUT2D eigenvalue weighted by molar-refractivity contribution is 0.0924. The summed E-state index contributed by atoms with van der Waals surface area (Å²) in [5, 5.41) is 3.21. The molecule has 1 aliphatic heterocycles. The molecule has 0 spiro atoms. The van der Waals surface area contributed by atoms with Crippen LogP contribution in [0.15, 0.2) is 60.7 Å². The molecule has 0 unspecified atom stereocenters. The second kappa shape index (κ2) is 7.65. The van der Waals surface area contributed by atoms with Crippen LogP contribution in [0.2, 0.25) is 5.02 Å². The third kappa shape index (κ3) is 3.31. The molecule has 3 aromatic rings. The van der Waals surface area contributed by atoms with Crippen molar-refractivity contribution in [2.75, 3.05) is 17.3 Å². The number of imide groups is 1. The van der Waals surface area contributed by atoms with Gasteiger partial charge in [-0.3, -0.25) is 14.4 Å². The van der Waals surface area contributed by atoms with Crippen LogP contribution in [0.5, 0.6) is 5.75 Å². The van der Waals surface area contributed by atoms with Gasteiger partial charge in [0.2, 0.25) is 0 Å². The van der Waals surface area contributed by atoms with Crippen molar-refractivity contribution in [3.8, 4) is 5.75 Å². The highest BCUT2D eigenvalue weighted by Crippen LogP contribution is 2.33. The van der Waals surface area contributed by atoms with Crippen molar-refractivity contribution in [3.63, 3.8) is 0 Å². The van der Waals surface area contributed by atoms with E-state index in [2.05, 4.69) is 5.32 Å². The van der Waals surface area contributed by atoms with Crippen molar-refractivity contribution in [1.29, 1.82) is 0 Å². The maximum absolute atomic E-state index is 12.8. The summed E-state index contributed by atoms with van der Waals surface area (Å²) in [6, 6.07) is 16.5. The molecule has 150 valence electrons. The van der Waals surface area contributed by atoms with E-state index in [4.69, 9.17) is 16.3 Å². The molecule has 1 N–H and O–H groups in total. The molecule has 1 aliphatic rings. The summed E-state index contributed by atoms with van der Waals surface area (Å²) >= 11 is 5.97. The monoisotopic (exact) mass is 420 g/mol. The van der Waals surface area contributed by atoms with Crippen LogP contribution in [0.4, 0.5) is 11.4 Å². The molecule has 0 bridgehead atoms. The minimum absolute atomic E-state index is 0.278. The van der Waals surface area contributed by atoms with Crippen molar-refractivity contribution >= 4 is 40.7 Å². The highest BCUT2D eigenvalue weighted by Gasteiger charge is 2.37. The molecule has 6 nitrogen and oxygen atoms in total. The minimum atomic E-state index is -0.425. The van der Waals surface area contributed by atoms with E-state index in [9.17, 15) is 14.4 Å². The summed E-state index contributed by atoms with van der Waals surface area (Å²) in [6.07, 6.45) is 0. The molecule has 0 radical (unpaired) electrons. The summed E-state index contributed by atoms with van der Waals surface area (Å²) in [4.78, 5) is 39.3. The van der Waals surface area contributed by atoms with E-state index in [1.165, 1.54) is 13.2 Å². The lowest BCUT2D eigenvalue weighted by Crippen LogP contribution is -2.30. The first kappa shape index (κ1) is 19.7. The first-order chi connectivity index (χ1) is 14.4. The smallest absolute Gasteiger partial charge is 0.266 e. The number of aryl methyl sites for hydroxylation is 1. The highest BCUT2D eigenvalue weighted by atomic mass is 35.5. The van der Waals surface area contributed by atoms with E-state index in [0.29, 0.717) is 38.8 Å². The van der Waals surface area contributed by atoms with Gasteiger partial charge in [0.25, 0.3) is 17.7 Å². The Morgan fingerprint density at radius 2 is 1.70 bits per heavy atom. The molecule has 0 saturated heterocycles. The Morgan fingerprint density at radius 1 is 0.967 bits per heavy atom. The normalized spacial score (nSPS) is 12.7. The first-order valence-electron chi connectivity index (χ1n) is 9.14. The summed E-state index contributed by atoms with van der Waals surface area (Å²) in [7, 11) is 1.50. The highest BCUT2D eigenvalue weighted by molar-refractivity contribution is 6.37. The van der Waals surface area contributed by atoms with Gasteiger partial charge in [-0.25, -0.2) is 4.90 Å². The van der Waals surface area contributed by atoms with Crippen molar-refractivity contribution in [3.05, 3.63) is 87.9 Å². The number of rotatable bonds is 4. The molecular formula is C23H17ClN2O4. The van der Waals surface area contributed by atoms with Crippen LogP contribution >= 0.6 is 11.6 Å². The van der Waals surface area contributed by atoms with Gasteiger partial charge in [-0.15, -0.1) is 0 Å². The van der Waals surface area contributed by atoms with Gasteiger partial charge in [0.1, 0.15) is 5.75 Å². The number of methoxy groups -OCH3 is 1. The van der Waals surface area contributed by atoms with Gasteiger partial charge in [0.15, 0.2) is 0 Å². The minimum Gasteiger partial charge on any atom is -0.496 e. The van der Waals surface area contributed by atoms with Crippen LogP contribution in [0.3, 0.4) is 0 Å². The second-order valence-electron chi connectivity index (χ2n) is 6.79. The maximum Gasteiger partial charge on any atom is 0.266 e. The zero-order chi connectivity index (χ0) is 21.4. The van der Waals surface area contributed by atoms with E-state index < -0.39 is 11.8 Å². The van der Waals surface area contributed by atoms with Crippen molar-refractivity contribution in [2.45, 2.75) is 6.92 Å². The molecule has 30 heavy (non-hydrogen) atoms. The van der Waals surface area contributed by atoms with Crippen LogP contribution < -0.4 is 15.0 Å². The Kier molecular flexibility index (Phi) is 5.01. The van der Waals surface area contributed by atoms with E-state index >= 15 is 0 Å².